The van der Waals surface area contributed by atoms with Gasteiger partial charge in [-0.15, -0.1) is 0 Å². The third-order valence-electron chi connectivity index (χ3n) is 4.94. The van der Waals surface area contributed by atoms with E-state index in [1.165, 1.54) is 20.2 Å². The molecule has 3 aromatic rings. The molecule has 1 aromatic carbocycles. The molecule has 0 saturated heterocycles. The summed E-state index contributed by atoms with van der Waals surface area (Å²) in [5, 5.41) is -0.795. The summed E-state index contributed by atoms with van der Waals surface area (Å²) in [5.74, 6) is -1.28. The highest BCUT2D eigenvalue weighted by Gasteiger charge is 2.35. The Balaban J connectivity index is 2.13. The Hall–Kier alpha value is -3.27. The molecule has 6 nitrogen and oxygen atoms in total. The first kappa shape index (κ1) is 23.4. The lowest BCUT2D eigenvalue weighted by Gasteiger charge is -2.22. The van der Waals surface area contributed by atoms with Crippen LogP contribution in [0.15, 0.2) is 59.9 Å². The quantitative estimate of drug-likeness (QED) is 0.555. The highest BCUT2D eigenvalue weighted by Crippen LogP contribution is 2.33. The molecule has 2 aromatic heterocycles. The maximum absolute atomic E-state index is 13.4. The topological polar surface area (TPSA) is 80.2 Å². The average Bonchev–Trinajstić information content (AvgIpc) is 2.77. The zero-order chi connectivity index (χ0) is 23.7. The molecule has 0 aliphatic carbocycles. The molecule has 0 spiro atoms. The molecule has 0 bridgehead atoms. The first-order valence-electron chi connectivity index (χ1n) is 9.56. The van der Waals surface area contributed by atoms with E-state index in [0.717, 1.165) is 22.1 Å². The van der Waals surface area contributed by atoms with Crippen LogP contribution < -0.4 is 4.90 Å². The second-order valence-corrected chi connectivity index (χ2v) is 9.28. The molecule has 0 N–H and O–H groups in total. The molecule has 10 heteroatoms. The zero-order valence-electron chi connectivity index (χ0n) is 17.5. The predicted molar refractivity (Wildman–Crippen MR) is 114 cm³/mol. The van der Waals surface area contributed by atoms with E-state index < -0.39 is 44.0 Å². The fourth-order valence-corrected chi connectivity index (χ4v) is 3.98. The van der Waals surface area contributed by atoms with Crippen LogP contribution in [0.2, 0.25) is 0 Å². The standard InChI is InChI=1S/C22H20F3N3O3S/c1-4-32(30,31)20-12-15(11-19(27-20)22(23,24)25)21(29)28(3)18-13-26-10-9-17(18)16-8-6-5-7-14(16)2/h5-13H,4H2,1-3H3. The van der Waals surface area contributed by atoms with Crippen molar-refractivity contribution in [2.45, 2.75) is 25.0 Å². The second kappa shape index (κ2) is 8.70. The van der Waals surface area contributed by atoms with Gasteiger partial charge in [0, 0.05) is 24.4 Å². The number of rotatable bonds is 5. The molecule has 3 rings (SSSR count). The zero-order valence-corrected chi connectivity index (χ0v) is 18.3. The largest absolute Gasteiger partial charge is 0.433 e. The molecule has 2 heterocycles. The molecule has 0 fully saturated rings. The molecule has 0 aliphatic heterocycles. The molecular formula is C22H20F3N3O3S. The van der Waals surface area contributed by atoms with Gasteiger partial charge in [-0.25, -0.2) is 13.4 Å². The summed E-state index contributed by atoms with van der Waals surface area (Å²) >= 11 is 0. The van der Waals surface area contributed by atoms with Crippen molar-refractivity contribution in [3.05, 3.63) is 71.7 Å². The van der Waals surface area contributed by atoms with Gasteiger partial charge in [0.15, 0.2) is 14.9 Å². The Morgan fingerprint density at radius 3 is 2.41 bits per heavy atom. The van der Waals surface area contributed by atoms with Gasteiger partial charge in [-0.2, -0.15) is 13.2 Å². The van der Waals surface area contributed by atoms with Crippen molar-refractivity contribution in [1.29, 1.82) is 0 Å². The number of aromatic nitrogens is 2. The van der Waals surface area contributed by atoms with Crippen LogP contribution in [0.1, 0.15) is 28.5 Å². The first-order chi connectivity index (χ1) is 15.0. The van der Waals surface area contributed by atoms with Crippen LogP contribution in [0, 0.1) is 6.92 Å². The number of anilines is 1. The number of hydrogen-bond donors (Lipinski definition) is 0. The van der Waals surface area contributed by atoms with E-state index >= 15 is 0 Å². The molecule has 32 heavy (non-hydrogen) atoms. The summed E-state index contributed by atoms with van der Waals surface area (Å²) in [7, 11) is -2.69. The molecule has 0 saturated carbocycles. The minimum atomic E-state index is -4.92. The van der Waals surface area contributed by atoms with E-state index in [9.17, 15) is 26.4 Å². The van der Waals surface area contributed by atoms with Gasteiger partial charge in [-0.3, -0.25) is 9.78 Å². The Bertz CT molecular complexity index is 1270. The van der Waals surface area contributed by atoms with Crippen molar-refractivity contribution in [3.8, 4) is 11.1 Å². The molecule has 0 aliphatic rings. The normalized spacial score (nSPS) is 11.9. The van der Waals surface area contributed by atoms with E-state index in [-0.39, 0.29) is 0 Å². The Labute approximate surface area is 183 Å². The minimum Gasteiger partial charge on any atom is -0.309 e. The van der Waals surface area contributed by atoms with E-state index in [1.807, 2.05) is 31.2 Å². The number of carbonyl (C=O) groups excluding carboxylic acids is 1. The third kappa shape index (κ3) is 4.64. The van der Waals surface area contributed by atoms with Crippen molar-refractivity contribution in [2.75, 3.05) is 17.7 Å². The van der Waals surface area contributed by atoms with Gasteiger partial charge in [0.25, 0.3) is 5.91 Å². The fraction of sp³-hybridized carbons (Fsp3) is 0.227. The van der Waals surface area contributed by atoms with Crippen LogP contribution in [0.3, 0.4) is 0 Å². The van der Waals surface area contributed by atoms with Crippen LogP contribution in [-0.4, -0.2) is 37.1 Å². The van der Waals surface area contributed by atoms with Gasteiger partial charge >= 0.3 is 6.18 Å². The monoisotopic (exact) mass is 463 g/mol. The average molecular weight is 463 g/mol. The van der Waals surface area contributed by atoms with Crippen LogP contribution in [0.25, 0.3) is 11.1 Å². The summed E-state index contributed by atoms with van der Waals surface area (Å²) in [6.07, 6.45) is -1.95. The number of carbonyl (C=O) groups is 1. The van der Waals surface area contributed by atoms with E-state index in [0.29, 0.717) is 17.3 Å². The SMILES string of the molecule is CCS(=O)(=O)c1cc(C(=O)N(C)c2cnccc2-c2ccccc2C)cc(C(F)(F)F)n1. The Kier molecular flexibility index (Phi) is 6.36. The molecule has 168 valence electrons. The van der Waals surface area contributed by atoms with E-state index in [1.54, 1.807) is 12.3 Å². The molecule has 0 unspecified atom stereocenters. The van der Waals surface area contributed by atoms with Crippen LogP contribution in [0.5, 0.6) is 0 Å². The third-order valence-corrected chi connectivity index (χ3v) is 6.55. The summed E-state index contributed by atoms with van der Waals surface area (Å²) in [6, 6.07) is 10.6. The maximum atomic E-state index is 13.4. The van der Waals surface area contributed by atoms with Gasteiger partial charge in [0.2, 0.25) is 0 Å². The van der Waals surface area contributed by atoms with Gasteiger partial charge in [-0.05, 0) is 36.2 Å². The molecule has 0 radical (unpaired) electrons. The summed E-state index contributed by atoms with van der Waals surface area (Å²) < 4.78 is 64.5. The van der Waals surface area contributed by atoms with E-state index in [2.05, 4.69) is 9.97 Å². The Morgan fingerprint density at radius 1 is 1.09 bits per heavy atom. The number of alkyl halides is 3. The lowest BCUT2D eigenvalue weighted by atomic mass is 10.00. The molecule has 1 amide bonds. The smallest absolute Gasteiger partial charge is 0.309 e. The summed E-state index contributed by atoms with van der Waals surface area (Å²) in [6.45, 7) is 3.18. The van der Waals surface area contributed by atoms with Crippen LogP contribution >= 0.6 is 0 Å². The molecule has 0 atom stereocenters. The first-order valence-corrected chi connectivity index (χ1v) is 11.2. The number of pyridine rings is 2. The van der Waals surface area contributed by atoms with Gasteiger partial charge in [-0.1, -0.05) is 31.2 Å². The lowest BCUT2D eigenvalue weighted by molar-refractivity contribution is -0.141. The van der Waals surface area contributed by atoms with Crippen molar-refractivity contribution in [2.24, 2.45) is 0 Å². The second-order valence-electron chi connectivity index (χ2n) is 7.05. The predicted octanol–water partition coefficient (Wildman–Crippen LogP) is 4.54. The number of benzene rings is 1. The number of nitrogens with zero attached hydrogens (tertiary/aromatic N) is 3. The van der Waals surface area contributed by atoms with Crippen molar-refractivity contribution >= 4 is 21.4 Å². The van der Waals surface area contributed by atoms with Crippen molar-refractivity contribution in [3.63, 3.8) is 0 Å². The fourth-order valence-electron chi connectivity index (χ4n) is 3.14. The van der Waals surface area contributed by atoms with Gasteiger partial charge in [0.05, 0.1) is 17.6 Å². The summed E-state index contributed by atoms with van der Waals surface area (Å²) in [4.78, 5) is 21.6. The summed E-state index contributed by atoms with van der Waals surface area (Å²) in [5.41, 5.74) is 0.873. The van der Waals surface area contributed by atoms with Crippen LogP contribution in [0.4, 0.5) is 18.9 Å². The highest BCUT2D eigenvalue weighted by atomic mass is 32.2. The van der Waals surface area contributed by atoms with Gasteiger partial charge < -0.3 is 4.90 Å². The minimum absolute atomic E-state index is 0.358. The number of aryl methyl sites for hydroxylation is 1. The lowest BCUT2D eigenvalue weighted by Crippen LogP contribution is -2.28. The highest BCUT2D eigenvalue weighted by molar-refractivity contribution is 7.91. The van der Waals surface area contributed by atoms with Crippen molar-refractivity contribution in [1.82, 2.24) is 9.97 Å². The number of amides is 1. The van der Waals surface area contributed by atoms with E-state index in [4.69, 9.17) is 0 Å². The van der Waals surface area contributed by atoms with Gasteiger partial charge in [0.1, 0.15) is 5.69 Å². The number of sulfone groups is 1. The van der Waals surface area contributed by atoms with Crippen molar-refractivity contribution < 1.29 is 26.4 Å². The molecular weight excluding hydrogens is 443 g/mol. The Morgan fingerprint density at radius 2 is 1.78 bits per heavy atom. The maximum Gasteiger partial charge on any atom is 0.433 e. The van der Waals surface area contributed by atoms with Crippen LogP contribution in [-0.2, 0) is 16.0 Å². The number of halogens is 3. The number of hydrogen-bond acceptors (Lipinski definition) is 5.